The number of aryl methyl sites for hydroxylation is 1. The topological polar surface area (TPSA) is 130 Å². The van der Waals surface area contributed by atoms with Gasteiger partial charge in [0.2, 0.25) is 0 Å². The zero-order chi connectivity index (χ0) is 18.7. The van der Waals surface area contributed by atoms with E-state index in [1.807, 2.05) is 0 Å². The predicted octanol–water partition coefficient (Wildman–Crippen LogP) is 2.62. The summed E-state index contributed by atoms with van der Waals surface area (Å²) in [6.45, 7) is 4.27. The summed E-state index contributed by atoms with van der Waals surface area (Å²) < 4.78 is 6.45. The molecule has 0 aliphatic rings. The van der Waals surface area contributed by atoms with Gasteiger partial charge in [-0.3, -0.25) is 29.7 Å². The third-order valence-electron chi connectivity index (χ3n) is 3.66. The smallest absolute Gasteiger partial charge is 0.328 e. The first-order valence-corrected chi connectivity index (χ1v) is 7.33. The number of nitro groups is 2. The molecular weight excluding hydrogens is 332 g/mol. The maximum atomic E-state index is 12.1. The van der Waals surface area contributed by atoms with Crippen LogP contribution >= 0.6 is 0 Å². The number of rotatable bonds is 6. The van der Waals surface area contributed by atoms with E-state index in [0.717, 1.165) is 0 Å². The van der Waals surface area contributed by atoms with Crippen molar-refractivity contribution < 1.29 is 19.4 Å². The summed E-state index contributed by atoms with van der Waals surface area (Å²) in [5.74, 6) is -0.653. The minimum absolute atomic E-state index is 0.102. The molecule has 0 fully saturated rings. The van der Waals surface area contributed by atoms with E-state index in [1.54, 1.807) is 13.0 Å². The molecule has 0 amide bonds. The average molecular weight is 348 g/mol. The van der Waals surface area contributed by atoms with Gasteiger partial charge in [-0.25, -0.2) is 0 Å². The van der Waals surface area contributed by atoms with Crippen LogP contribution in [0.2, 0.25) is 0 Å². The van der Waals surface area contributed by atoms with Crippen molar-refractivity contribution in [3.8, 4) is 0 Å². The number of carbonyl (C=O) groups excluding carboxylic acids is 1. The van der Waals surface area contributed by atoms with Crippen molar-refractivity contribution in [1.29, 1.82) is 0 Å². The Hall–Kier alpha value is -3.30. The van der Waals surface area contributed by atoms with Gasteiger partial charge in [0, 0.05) is 12.1 Å². The summed E-state index contributed by atoms with van der Waals surface area (Å²) in [7, 11) is 0. The minimum atomic E-state index is -0.709. The highest BCUT2D eigenvalue weighted by atomic mass is 16.6. The normalized spacial score (nSPS) is 11.8. The fraction of sp³-hybridized carbons (Fsp3) is 0.333. The summed E-state index contributed by atoms with van der Waals surface area (Å²) in [4.78, 5) is 32.8. The molecule has 2 aromatic rings. The van der Waals surface area contributed by atoms with Gasteiger partial charge in [0.25, 0.3) is 5.69 Å². The Morgan fingerprint density at radius 1 is 1.28 bits per heavy atom. The number of esters is 1. The lowest BCUT2D eigenvalue weighted by Crippen LogP contribution is -2.17. The first-order valence-electron chi connectivity index (χ1n) is 7.33. The van der Waals surface area contributed by atoms with Gasteiger partial charge < -0.3 is 4.74 Å². The molecule has 2 rings (SSSR count). The number of non-ortho nitro benzene ring substituents is 1. The van der Waals surface area contributed by atoms with Crippen LogP contribution in [-0.2, 0) is 16.1 Å². The van der Waals surface area contributed by atoms with Crippen molar-refractivity contribution in [1.82, 2.24) is 9.78 Å². The second-order valence-electron chi connectivity index (χ2n) is 5.42. The van der Waals surface area contributed by atoms with E-state index >= 15 is 0 Å². The highest BCUT2D eigenvalue weighted by Gasteiger charge is 2.24. The van der Waals surface area contributed by atoms with Crippen LogP contribution in [0.25, 0.3) is 0 Å². The fourth-order valence-electron chi connectivity index (χ4n) is 2.42. The molecule has 1 atom stereocenters. The number of hydrogen-bond donors (Lipinski definition) is 0. The number of benzene rings is 1. The molecule has 0 saturated carbocycles. The molecule has 1 heterocycles. The summed E-state index contributed by atoms with van der Waals surface area (Å²) >= 11 is 0. The number of hydrogen-bond acceptors (Lipinski definition) is 7. The monoisotopic (exact) mass is 348 g/mol. The average Bonchev–Trinajstić information content (AvgIpc) is 2.81. The maximum absolute atomic E-state index is 12.1. The van der Waals surface area contributed by atoms with Gasteiger partial charge >= 0.3 is 11.7 Å². The Labute approximate surface area is 142 Å². The van der Waals surface area contributed by atoms with E-state index in [2.05, 4.69) is 5.10 Å². The maximum Gasteiger partial charge on any atom is 0.328 e. The van der Waals surface area contributed by atoms with E-state index in [-0.39, 0.29) is 29.3 Å². The van der Waals surface area contributed by atoms with Gasteiger partial charge in [-0.1, -0.05) is 12.1 Å². The molecule has 0 bridgehead atoms. The van der Waals surface area contributed by atoms with E-state index < -0.39 is 21.9 Å². The Morgan fingerprint density at radius 2 is 1.96 bits per heavy atom. The lowest BCUT2D eigenvalue weighted by Gasteiger charge is -2.13. The first-order chi connectivity index (χ1) is 11.7. The molecule has 0 N–H and O–H groups in total. The molecule has 0 aliphatic carbocycles. The van der Waals surface area contributed by atoms with Gasteiger partial charge in [0.05, 0.1) is 9.85 Å². The van der Waals surface area contributed by atoms with Crippen molar-refractivity contribution >= 4 is 17.3 Å². The fourth-order valence-corrected chi connectivity index (χ4v) is 2.42. The molecule has 10 heteroatoms. The molecule has 0 saturated heterocycles. The SMILES string of the molecule is Cc1nn(CC(=O)O[C@@H](C)c2cccc([N+](=O)[O-])c2)c(C)c1[N+](=O)[O-]. The third-order valence-corrected chi connectivity index (χ3v) is 3.66. The molecule has 0 unspecified atom stereocenters. The van der Waals surface area contributed by atoms with Crippen LogP contribution < -0.4 is 0 Å². The van der Waals surface area contributed by atoms with Crippen LogP contribution in [0.15, 0.2) is 24.3 Å². The molecule has 132 valence electrons. The Morgan fingerprint density at radius 3 is 2.52 bits per heavy atom. The highest BCUT2D eigenvalue weighted by molar-refractivity contribution is 5.69. The number of ether oxygens (including phenoxy) is 1. The summed E-state index contributed by atoms with van der Waals surface area (Å²) in [6.07, 6.45) is -0.709. The lowest BCUT2D eigenvalue weighted by molar-refractivity contribution is -0.386. The quantitative estimate of drug-likeness (QED) is 0.445. The van der Waals surface area contributed by atoms with Gasteiger partial charge in [-0.05, 0) is 26.3 Å². The summed E-state index contributed by atoms with van der Waals surface area (Å²) in [6, 6.07) is 5.78. The van der Waals surface area contributed by atoms with Crippen LogP contribution in [0.5, 0.6) is 0 Å². The van der Waals surface area contributed by atoms with Crippen molar-refractivity contribution in [3.63, 3.8) is 0 Å². The molecule has 1 aromatic heterocycles. The van der Waals surface area contributed by atoms with Crippen molar-refractivity contribution in [3.05, 3.63) is 61.4 Å². The summed E-state index contributed by atoms with van der Waals surface area (Å²) in [5, 5.41) is 25.7. The summed E-state index contributed by atoms with van der Waals surface area (Å²) in [5.41, 5.74) is 0.695. The van der Waals surface area contributed by atoms with Gasteiger partial charge in [0.15, 0.2) is 0 Å². The zero-order valence-corrected chi connectivity index (χ0v) is 13.8. The lowest BCUT2D eigenvalue weighted by atomic mass is 10.1. The standard InChI is InChI=1S/C15H16N4O6/c1-9-15(19(23)24)10(2)17(16-9)8-14(20)25-11(3)12-5-4-6-13(7-12)18(21)22/h4-7,11H,8H2,1-3H3/t11-/m0/s1. The Balaban J connectivity index is 2.10. The molecule has 0 aliphatic heterocycles. The second-order valence-corrected chi connectivity index (χ2v) is 5.42. The van der Waals surface area contributed by atoms with Crippen molar-refractivity contribution in [2.75, 3.05) is 0 Å². The Bertz CT molecular complexity index is 845. The van der Waals surface area contributed by atoms with Crippen LogP contribution in [0.4, 0.5) is 11.4 Å². The third kappa shape index (κ3) is 3.97. The predicted molar refractivity (Wildman–Crippen MR) is 86.0 cm³/mol. The second kappa shape index (κ2) is 7.07. The molecule has 0 spiro atoms. The van der Waals surface area contributed by atoms with E-state index in [0.29, 0.717) is 5.56 Å². The van der Waals surface area contributed by atoms with E-state index in [4.69, 9.17) is 4.74 Å². The number of carbonyl (C=O) groups is 1. The van der Waals surface area contributed by atoms with Gasteiger partial charge in [0.1, 0.15) is 24.0 Å². The molecule has 10 nitrogen and oxygen atoms in total. The van der Waals surface area contributed by atoms with E-state index in [1.165, 1.54) is 36.7 Å². The first kappa shape index (κ1) is 18.0. The van der Waals surface area contributed by atoms with E-state index in [9.17, 15) is 25.0 Å². The van der Waals surface area contributed by atoms with Crippen LogP contribution in [0.3, 0.4) is 0 Å². The van der Waals surface area contributed by atoms with Crippen LogP contribution in [0, 0.1) is 34.1 Å². The zero-order valence-electron chi connectivity index (χ0n) is 13.8. The largest absolute Gasteiger partial charge is 0.456 e. The number of aromatic nitrogens is 2. The minimum Gasteiger partial charge on any atom is -0.456 e. The molecular formula is C15H16N4O6. The molecule has 0 radical (unpaired) electrons. The highest BCUT2D eigenvalue weighted by Crippen LogP contribution is 2.24. The van der Waals surface area contributed by atoms with Gasteiger partial charge in [-0.2, -0.15) is 5.10 Å². The molecule has 25 heavy (non-hydrogen) atoms. The van der Waals surface area contributed by atoms with Crippen molar-refractivity contribution in [2.45, 2.75) is 33.4 Å². The number of nitrogens with zero attached hydrogens (tertiary/aromatic N) is 4. The Kier molecular flexibility index (Phi) is 5.11. The van der Waals surface area contributed by atoms with Crippen LogP contribution in [-0.4, -0.2) is 25.6 Å². The van der Waals surface area contributed by atoms with Crippen LogP contribution in [0.1, 0.15) is 30.0 Å². The van der Waals surface area contributed by atoms with Gasteiger partial charge in [-0.15, -0.1) is 0 Å². The van der Waals surface area contributed by atoms with Crippen molar-refractivity contribution in [2.24, 2.45) is 0 Å². The molecule has 1 aromatic carbocycles. The number of nitro benzene ring substituents is 1.